The molecule has 0 radical (unpaired) electrons. The minimum atomic E-state index is -0.301. The summed E-state index contributed by atoms with van der Waals surface area (Å²) < 4.78 is 9.04. The molecule has 30 heavy (non-hydrogen) atoms. The Morgan fingerprint density at radius 2 is 2.00 bits per heavy atom. The Balaban J connectivity index is 1.70. The van der Waals surface area contributed by atoms with Crippen molar-refractivity contribution >= 4 is 28.6 Å². The fourth-order valence-electron chi connectivity index (χ4n) is 3.36. The van der Waals surface area contributed by atoms with Crippen LogP contribution >= 0.6 is 0 Å². The van der Waals surface area contributed by atoms with Gasteiger partial charge < -0.3 is 14.6 Å². The normalized spacial score (nSPS) is 13.5. The van der Waals surface area contributed by atoms with E-state index in [-0.39, 0.29) is 18.6 Å². The van der Waals surface area contributed by atoms with Crippen molar-refractivity contribution in [2.75, 3.05) is 5.32 Å². The summed E-state index contributed by atoms with van der Waals surface area (Å²) in [7, 11) is 0. The number of rotatable bonds is 10. The van der Waals surface area contributed by atoms with E-state index < -0.39 is 0 Å². The quantitative estimate of drug-likeness (QED) is 0.497. The molecule has 8 nitrogen and oxygen atoms in total. The van der Waals surface area contributed by atoms with Crippen LogP contribution in [0.15, 0.2) is 30.9 Å². The minimum Gasteiger partial charge on any atom is -0.461 e. The van der Waals surface area contributed by atoms with Gasteiger partial charge in [0.2, 0.25) is 5.95 Å². The molecule has 2 unspecified atom stereocenters. The van der Waals surface area contributed by atoms with Gasteiger partial charge in [0.05, 0.1) is 18.0 Å². The number of nitrogens with one attached hydrogen (secondary N) is 1. The van der Waals surface area contributed by atoms with Crippen LogP contribution < -0.4 is 5.32 Å². The standard InChI is InChI=1S/C22H32N6O2/c1-6-16(5)30-20(29)14-28-13-19(11-24-28)25-22-23-10-18-8-9-27(21(18)26-22)12-17(7-2)15(3)4/h8-11,13,15-17H,6-7,12,14H2,1-5H3,(H,23,25,26). The van der Waals surface area contributed by atoms with Gasteiger partial charge in [-0.15, -0.1) is 0 Å². The second kappa shape index (κ2) is 9.73. The van der Waals surface area contributed by atoms with Crippen molar-refractivity contribution < 1.29 is 9.53 Å². The van der Waals surface area contributed by atoms with E-state index in [1.54, 1.807) is 17.1 Å². The molecule has 3 aromatic heterocycles. The summed E-state index contributed by atoms with van der Waals surface area (Å²) in [5.41, 5.74) is 1.63. The van der Waals surface area contributed by atoms with Crippen molar-refractivity contribution in [2.45, 2.75) is 66.7 Å². The smallest absolute Gasteiger partial charge is 0.328 e. The first-order valence-corrected chi connectivity index (χ1v) is 10.7. The molecule has 3 heterocycles. The minimum absolute atomic E-state index is 0.0718. The molecule has 0 aliphatic rings. The first-order valence-electron chi connectivity index (χ1n) is 10.7. The number of ether oxygens (including phenoxy) is 1. The number of anilines is 2. The van der Waals surface area contributed by atoms with Crippen molar-refractivity contribution in [1.82, 2.24) is 24.3 Å². The van der Waals surface area contributed by atoms with Crippen LogP contribution in [-0.2, 0) is 22.6 Å². The van der Waals surface area contributed by atoms with E-state index in [9.17, 15) is 4.79 Å². The summed E-state index contributed by atoms with van der Waals surface area (Å²) in [5, 5.41) is 8.41. The molecule has 1 N–H and O–H groups in total. The maximum Gasteiger partial charge on any atom is 0.328 e. The predicted molar refractivity (Wildman–Crippen MR) is 118 cm³/mol. The molecule has 0 bridgehead atoms. The zero-order valence-corrected chi connectivity index (χ0v) is 18.5. The Bertz CT molecular complexity index is 977. The van der Waals surface area contributed by atoms with Gasteiger partial charge in [-0.3, -0.25) is 9.48 Å². The summed E-state index contributed by atoms with van der Waals surface area (Å²) in [6, 6.07) is 2.05. The van der Waals surface area contributed by atoms with Crippen molar-refractivity contribution in [3.63, 3.8) is 0 Å². The van der Waals surface area contributed by atoms with Gasteiger partial charge in [0.25, 0.3) is 0 Å². The third-order valence-corrected chi connectivity index (χ3v) is 5.49. The number of carbonyl (C=O) groups is 1. The lowest BCUT2D eigenvalue weighted by Gasteiger charge is -2.20. The summed E-state index contributed by atoms with van der Waals surface area (Å²) in [6.45, 7) is 11.6. The van der Waals surface area contributed by atoms with Gasteiger partial charge in [-0.25, -0.2) is 4.98 Å². The summed E-state index contributed by atoms with van der Waals surface area (Å²) in [5.74, 6) is 1.41. The Kier molecular flexibility index (Phi) is 7.07. The third-order valence-electron chi connectivity index (χ3n) is 5.49. The SMILES string of the molecule is CCC(C)OC(=O)Cn1cc(Nc2ncc3ccn(CC(CC)C(C)C)c3n2)cn1. The number of hydrogen-bond acceptors (Lipinski definition) is 6. The number of aromatic nitrogens is 5. The van der Waals surface area contributed by atoms with Crippen molar-refractivity contribution in [3.05, 3.63) is 30.9 Å². The highest BCUT2D eigenvalue weighted by molar-refractivity contribution is 5.76. The van der Waals surface area contributed by atoms with Crippen LogP contribution in [0.4, 0.5) is 11.6 Å². The fourth-order valence-corrected chi connectivity index (χ4v) is 3.36. The monoisotopic (exact) mass is 412 g/mol. The highest BCUT2D eigenvalue weighted by Gasteiger charge is 2.15. The van der Waals surface area contributed by atoms with Gasteiger partial charge in [-0.2, -0.15) is 10.1 Å². The van der Waals surface area contributed by atoms with Crippen LogP contribution in [0.2, 0.25) is 0 Å². The van der Waals surface area contributed by atoms with Crippen molar-refractivity contribution in [1.29, 1.82) is 0 Å². The van der Waals surface area contributed by atoms with Crippen LogP contribution in [0.25, 0.3) is 11.0 Å². The first-order chi connectivity index (χ1) is 14.4. The predicted octanol–water partition coefficient (Wildman–Crippen LogP) is 4.40. The van der Waals surface area contributed by atoms with Crippen LogP contribution in [-0.4, -0.2) is 36.4 Å². The van der Waals surface area contributed by atoms with Gasteiger partial charge >= 0.3 is 5.97 Å². The number of fused-ring (bicyclic) bond motifs is 1. The highest BCUT2D eigenvalue weighted by Crippen LogP contribution is 2.22. The van der Waals surface area contributed by atoms with Gasteiger partial charge in [0, 0.05) is 30.5 Å². The molecule has 3 aromatic rings. The zero-order valence-electron chi connectivity index (χ0n) is 18.5. The molecule has 162 valence electrons. The summed E-state index contributed by atoms with van der Waals surface area (Å²) in [6.07, 6.45) is 9.12. The summed E-state index contributed by atoms with van der Waals surface area (Å²) in [4.78, 5) is 21.0. The Morgan fingerprint density at radius 1 is 1.20 bits per heavy atom. The molecule has 0 saturated heterocycles. The largest absolute Gasteiger partial charge is 0.461 e. The molecule has 0 saturated carbocycles. The van der Waals surface area contributed by atoms with Crippen LogP contribution in [0, 0.1) is 11.8 Å². The average molecular weight is 413 g/mol. The molecule has 0 fully saturated rings. The van der Waals surface area contributed by atoms with E-state index in [4.69, 9.17) is 9.72 Å². The highest BCUT2D eigenvalue weighted by atomic mass is 16.5. The topological polar surface area (TPSA) is 86.9 Å². The van der Waals surface area contributed by atoms with Gasteiger partial charge in [-0.05, 0) is 31.2 Å². The van der Waals surface area contributed by atoms with Crippen LogP contribution in [0.3, 0.4) is 0 Å². The molecule has 0 amide bonds. The van der Waals surface area contributed by atoms with Gasteiger partial charge in [0.1, 0.15) is 12.2 Å². The fraction of sp³-hybridized carbons (Fsp3) is 0.545. The average Bonchev–Trinajstić information content (AvgIpc) is 3.32. The van der Waals surface area contributed by atoms with E-state index in [0.717, 1.165) is 36.1 Å². The molecule has 0 aliphatic carbocycles. The van der Waals surface area contributed by atoms with E-state index in [1.807, 2.05) is 26.1 Å². The molecular formula is C22H32N6O2. The van der Waals surface area contributed by atoms with Crippen molar-refractivity contribution in [2.24, 2.45) is 11.8 Å². The van der Waals surface area contributed by atoms with E-state index in [2.05, 4.69) is 46.9 Å². The zero-order chi connectivity index (χ0) is 21.7. The first kappa shape index (κ1) is 21.8. The lowest BCUT2D eigenvalue weighted by molar-refractivity contribution is -0.149. The second-order valence-corrected chi connectivity index (χ2v) is 8.11. The molecular weight excluding hydrogens is 380 g/mol. The van der Waals surface area contributed by atoms with Crippen LogP contribution in [0.5, 0.6) is 0 Å². The Morgan fingerprint density at radius 3 is 2.70 bits per heavy atom. The van der Waals surface area contributed by atoms with E-state index in [0.29, 0.717) is 17.8 Å². The molecule has 2 atom stereocenters. The summed E-state index contributed by atoms with van der Waals surface area (Å²) >= 11 is 0. The lowest BCUT2D eigenvalue weighted by Crippen LogP contribution is -2.19. The number of esters is 1. The van der Waals surface area contributed by atoms with Crippen molar-refractivity contribution in [3.8, 4) is 0 Å². The third kappa shape index (κ3) is 5.37. The number of carbonyl (C=O) groups excluding carboxylic acids is 1. The molecule has 3 rings (SSSR count). The van der Waals surface area contributed by atoms with Gasteiger partial charge in [-0.1, -0.05) is 34.1 Å². The van der Waals surface area contributed by atoms with Gasteiger partial charge in [0.15, 0.2) is 0 Å². The molecule has 8 heteroatoms. The molecule has 0 aliphatic heterocycles. The van der Waals surface area contributed by atoms with E-state index >= 15 is 0 Å². The lowest BCUT2D eigenvalue weighted by atomic mass is 9.93. The maximum absolute atomic E-state index is 11.9. The van der Waals surface area contributed by atoms with Crippen LogP contribution in [0.1, 0.15) is 47.5 Å². The Labute approximate surface area is 177 Å². The number of nitrogens with zero attached hydrogens (tertiary/aromatic N) is 5. The molecule has 0 aromatic carbocycles. The Hall–Kier alpha value is -2.90. The maximum atomic E-state index is 11.9. The second-order valence-electron chi connectivity index (χ2n) is 8.11. The van der Waals surface area contributed by atoms with E-state index in [1.165, 1.54) is 0 Å². The number of hydrogen-bond donors (Lipinski definition) is 1. The molecule has 0 spiro atoms.